The van der Waals surface area contributed by atoms with E-state index >= 15 is 0 Å². The molecule has 0 aromatic carbocycles. The quantitative estimate of drug-likeness (QED) is 0.760. The van der Waals surface area contributed by atoms with Crippen molar-refractivity contribution in [1.82, 2.24) is 10.2 Å². The molecule has 2 saturated carbocycles. The van der Waals surface area contributed by atoms with E-state index in [1.165, 1.54) is 51.6 Å². The maximum Gasteiger partial charge on any atom is 0.00871 e. The average molecular weight is 280 g/mol. The zero-order valence-electron chi connectivity index (χ0n) is 14.4. The molecule has 0 heterocycles. The van der Waals surface area contributed by atoms with Crippen molar-refractivity contribution < 1.29 is 0 Å². The first-order chi connectivity index (χ1) is 9.42. The average Bonchev–Trinajstić information content (AvgIpc) is 3.19. The van der Waals surface area contributed by atoms with Gasteiger partial charge in [0.2, 0.25) is 0 Å². The van der Waals surface area contributed by atoms with E-state index in [0.29, 0.717) is 11.5 Å². The number of nitrogens with one attached hydrogen (secondary N) is 1. The summed E-state index contributed by atoms with van der Waals surface area (Å²) in [6.07, 6.45) is 8.52. The molecule has 0 radical (unpaired) electrons. The third-order valence-corrected chi connectivity index (χ3v) is 5.77. The van der Waals surface area contributed by atoms with Crippen LogP contribution in [0.1, 0.15) is 66.2 Å². The van der Waals surface area contributed by atoms with Gasteiger partial charge in [-0.2, -0.15) is 0 Å². The van der Waals surface area contributed by atoms with Crippen LogP contribution in [0.15, 0.2) is 0 Å². The van der Waals surface area contributed by atoms with Crippen LogP contribution in [0.2, 0.25) is 0 Å². The lowest BCUT2D eigenvalue weighted by atomic mass is 9.69. The number of nitrogens with zero attached hydrogens (tertiary/aromatic N) is 1. The molecule has 2 aliphatic carbocycles. The molecule has 2 aliphatic rings. The van der Waals surface area contributed by atoms with E-state index in [2.05, 4.69) is 45.0 Å². The van der Waals surface area contributed by atoms with Crippen LogP contribution in [-0.4, -0.2) is 37.1 Å². The molecule has 0 aromatic heterocycles. The molecule has 2 nitrogen and oxygen atoms in total. The van der Waals surface area contributed by atoms with Gasteiger partial charge in [-0.3, -0.25) is 0 Å². The zero-order chi connectivity index (χ0) is 14.8. The Bertz CT molecular complexity index is 298. The lowest BCUT2D eigenvalue weighted by molar-refractivity contribution is 0.0653. The van der Waals surface area contributed by atoms with Crippen LogP contribution < -0.4 is 5.32 Å². The molecule has 1 N–H and O–H groups in total. The van der Waals surface area contributed by atoms with Gasteiger partial charge in [-0.15, -0.1) is 0 Å². The third kappa shape index (κ3) is 4.46. The largest absolute Gasteiger partial charge is 0.313 e. The normalized spacial score (nSPS) is 32.9. The highest BCUT2D eigenvalue weighted by Crippen LogP contribution is 2.40. The molecule has 0 aromatic rings. The minimum absolute atomic E-state index is 0.526. The molecular formula is C18H36N2. The van der Waals surface area contributed by atoms with Gasteiger partial charge in [-0.05, 0) is 56.9 Å². The van der Waals surface area contributed by atoms with Crippen molar-refractivity contribution in [3.8, 4) is 0 Å². The van der Waals surface area contributed by atoms with E-state index in [1.54, 1.807) is 0 Å². The fraction of sp³-hybridized carbons (Fsp3) is 1.00. The second-order valence-electron chi connectivity index (χ2n) is 8.26. The summed E-state index contributed by atoms with van der Waals surface area (Å²) >= 11 is 0. The van der Waals surface area contributed by atoms with Crippen LogP contribution in [-0.2, 0) is 0 Å². The Kier molecular flexibility index (Phi) is 5.53. The summed E-state index contributed by atoms with van der Waals surface area (Å²) in [7, 11) is 2.34. The van der Waals surface area contributed by atoms with Crippen molar-refractivity contribution in [3.05, 3.63) is 0 Å². The summed E-state index contributed by atoms with van der Waals surface area (Å²) in [5.74, 6) is 1.65. The molecule has 2 heteroatoms. The molecule has 2 rings (SSSR count). The van der Waals surface area contributed by atoms with Gasteiger partial charge in [0.15, 0.2) is 0 Å². The summed E-state index contributed by atoms with van der Waals surface area (Å²) in [4.78, 5) is 2.62. The van der Waals surface area contributed by atoms with Crippen LogP contribution >= 0.6 is 0 Å². The second-order valence-corrected chi connectivity index (χ2v) is 8.26. The summed E-state index contributed by atoms with van der Waals surface area (Å²) in [5.41, 5.74) is 0.526. The Morgan fingerprint density at radius 2 is 1.90 bits per heavy atom. The maximum atomic E-state index is 3.83. The van der Waals surface area contributed by atoms with E-state index in [9.17, 15) is 0 Å². The van der Waals surface area contributed by atoms with Crippen molar-refractivity contribution in [2.45, 2.75) is 78.3 Å². The molecule has 20 heavy (non-hydrogen) atoms. The van der Waals surface area contributed by atoms with Gasteiger partial charge < -0.3 is 10.2 Å². The van der Waals surface area contributed by atoms with E-state index in [-0.39, 0.29) is 0 Å². The van der Waals surface area contributed by atoms with Gasteiger partial charge in [-0.1, -0.05) is 33.6 Å². The number of hydrogen-bond acceptors (Lipinski definition) is 2. The minimum atomic E-state index is 0.526. The summed E-state index contributed by atoms with van der Waals surface area (Å²) in [6.45, 7) is 12.1. The van der Waals surface area contributed by atoms with Gasteiger partial charge >= 0.3 is 0 Å². The van der Waals surface area contributed by atoms with Crippen LogP contribution in [0.4, 0.5) is 0 Å². The summed E-state index contributed by atoms with van der Waals surface area (Å²) in [6, 6.07) is 1.53. The topological polar surface area (TPSA) is 15.3 Å². The highest BCUT2D eigenvalue weighted by Gasteiger charge is 2.38. The van der Waals surface area contributed by atoms with Crippen molar-refractivity contribution in [1.29, 1.82) is 0 Å². The van der Waals surface area contributed by atoms with Crippen molar-refractivity contribution >= 4 is 0 Å². The van der Waals surface area contributed by atoms with Gasteiger partial charge in [0, 0.05) is 25.2 Å². The monoisotopic (exact) mass is 280 g/mol. The Hall–Kier alpha value is -0.0800. The summed E-state index contributed by atoms with van der Waals surface area (Å²) in [5, 5.41) is 3.83. The van der Waals surface area contributed by atoms with E-state index < -0.39 is 0 Å². The first kappa shape index (κ1) is 16.3. The lowest BCUT2D eigenvalue weighted by Crippen LogP contribution is -2.49. The fourth-order valence-electron chi connectivity index (χ4n) is 3.96. The molecule has 0 amide bonds. The highest BCUT2D eigenvalue weighted by molar-refractivity contribution is 4.93. The van der Waals surface area contributed by atoms with Crippen molar-refractivity contribution in [2.24, 2.45) is 17.3 Å². The fourth-order valence-corrected chi connectivity index (χ4v) is 3.96. The predicted octanol–water partition coefficient (Wildman–Crippen LogP) is 3.91. The third-order valence-electron chi connectivity index (χ3n) is 5.77. The zero-order valence-corrected chi connectivity index (χ0v) is 14.4. The first-order valence-electron chi connectivity index (χ1n) is 8.85. The molecular weight excluding hydrogens is 244 g/mol. The van der Waals surface area contributed by atoms with E-state index in [0.717, 1.165) is 17.9 Å². The van der Waals surface area contributed by atoms with Crippen molar-refractivity contribution in [3.63, 3.8) is 0 Å². The smallest absolute Gasteiger partial charge is 0.00871 e. The van der Waals surface area contributed by atoms with Crippen LogP contribution in [0, 0.1) is 17.3 Å². The Morgan fingerprint density at radius 3 is 2.45 bits per heavy atom. The van der Waals surface area contributed by atoms with Gasteiger partial charge in [-0.25, -0.2) is 0 Å². The molecule has 0 saturated heterocycles. The number of rotatable bonds is 7. The molecule has 3 atom stereocenters. The molecule has 0 aliphatic heterocycles. The molecule has 0 bridgehead atoms. The van der Waals surface area contributed by atoms with E-state index in [1.807, 2.05) is 0 Å². The highest BCUT2D eigenvalue weighted by atomic mass is 15.1. The van der Waals surface area contributed by atoms with Gasteiger partial charge in [0.1, 0.15) is 0 Å². The molecule has 0 spiro atoms. The molecule has 3 unspecified atom stereocenters. The first-order valence-corrected chi connectivity index (χ1v) is 8.85. The molecule has 118 valence electrons. The van der Waals surface area contributed by atoms with Crippen molar-refractivity contribution in [2.75, 3.05) is 20.1 Å². The Labute approximate surface area is 126 Å². The van der Waals surface area contributed by atoms with Crippen LogP contribution in [0.5, 0.6) is 0 Å². The Balaban J connectivity index is 1.96. The molecule has 2 fully saturated rings. The van der Waals surface area contributed by atoms with Gasteiger partial charge in [0.25, 0.3) is 0 Å². The Morgan fingerprint density at radius 1 is 1.20 bits per heavy atom. The SMILES string of the molecule is CC1CCCC(CNC2CC2)(CN(C)C(C)C(C)C)C1. The predicted molar refractivity (Wildman–Crippen MR) is 88.0 cm³/mol. The maximum absolute atomic E-state index is 3.83. The van der Waals surface area contributed by atoms with Crippen LogP contribution in [0.3, 0.4) is 0 Å². The second kappa shape index (κ2) is 6.79. The minimum Gasteiger partial charge on any atom is -0.313 e. The summed E-state index contributed by atoms with van der Waals surface area (Å²) < 4.78 is 0. The number of hydrogen-bond donors (Lipinski definition) is 1. The van der Waals surface area contributed by atoms with Gasteiger partial charge in [0.05, 0.1) is 0 Å². The standard InChI is InChI=1S/C18H36N2/c1-14(2)16(4)20(5)13-18(12-19-17-8-9-17)10-6-7-15(3)11-18/h14-17,19H,6-13H2,1-5H3. The van der Waals surface area contributed by atoms with E-state index in [4.69, 9.17) is 0 Å². The van der Waals surface area contributed by atoms with Crippen LogP contribution in [0.25, 0.3) is 0 Å². The lowest BCUT2D eigenvalue weighted by Gasteiger charge is -2.44.